The van der Waals surface area contributed by atoms with Crippen LogP contribution in [-0.2, 0) is 12.8 Å². The highest BCUT2D eigenvalue weighted by molar-refractivity contribution is 5.89. The zero-order chi connectivity index (χ0) is 9.26. The van der Waals surface area contributed by atoms with Crippen LogP contribution >= 0.6 is 0 Å². The molecule has 2 rings (SSSR count). The second-order valence-electron chi connectivity index (χ2n) is 3.29. The second-order valence-corrected chi connectivity index (χ2v) is 3.29. The van der Waals surface area contributed by atoms with Crippen LogP contribution in [0.25, 0.3) is 0 Å². The van der Waals surface area contributed by atoms with Crippen molar-refractivity contribution < 1.29 is 4.79 Å². The summed E-state index contributed by atoms with van der Waals surface area (Å²) in [4.78, 5) is 15.2. The summed E-state index contributed by atoms with van der Waals surface area (Å²) in [5.74, 6) is 0.140. The Balaban J connectivity index is 2.40. The Labute approximate surface area is 76.4 Å². The van der Waals surface area contributed by atoms with Gasteiger partial charge >= 0.3 is 0 Å². The topological polar surface area (TPSA) is 55.7 Å². The fourth-order valence-corrected chi connectivity index (χ4v) is 1.51. The van der Waals surface area contributed by atoms with Crippen molar-refractivity contribution in [1.82, 2.24) is 15.2 Å². The lowest BCUT2D eigenvalue weighted by Gasteiger charge is -2.12. The maximum Gasteiger partial charge on any atom is 0.217 e. The highest BCUT2D eigenvalue weighted by Gasteiger charge is 2.14. The van der Waals surface area contributed by atoms with Gasteiger partial charge in [0, 0.05) is 6.92 Å². The molecule has 0 saturated carbocycles. The molecule has 68 valence electrons. The minimum atomic E-state index is -0.110. The van der Waals surface area contributed by atoms with Crippen molar-refractivity contribution in [2.75, 3.05) is 0 Å². The molecule has 1 aliphatic rings. The average molecular weight is 177 g/mol. The number of aromatic nitrogens is 3. The molecule has 0 aliphatic heterocycles. The van der Waals surface area contributed by atoms with Crippen LogP contribution in [0.4, 0.5) is 0 Å². The molecule has 0 N–H and O–H groups in total. The monoisotopic (exact) mass is 177 g/mol. The van der Waals surface area contributed by atoms with Crippen LogP contribution in [0.1, 0.15) is 41.8 Å². The molecule has 4 nitrogen and oxygen atoms in total. The molecule has 0 bridgehead atoms. The molecule has 13 heavy (non-hydrogen) atoms. The molecule has 1 aliphatic carbocycles. The van der Waals surface area contributed by atoms with Gasteiger partial charge in [-0.1, -0.05) is 0 Å². The van der Waals surface area contributed by atoms with Crippen LogP contribution in [0.2, 0.25) is 0 Å². The number of nitrogens with zero attached hydrogens (tertiary/aromatic N) is 3. The van der Waals surface area contributed by atoms with Crippen LogP contribution in [0, 0.1) is 0 Å². The van der Waals surface area contributed by atoms with Crippen LogP contribution in [-0.4, -0.2) is 21.0 Å². The number of ketones is 1. The number of hydrogen-bond acceptors (Lipinski definition) is 4. The van der Waals surface area contributed by atoms with Gasteiger partial charge in [0.05, 0.1) is 11.4 Å². The number of Topliss-reactive ketones (excluding diaryl/α,β-unsaturated/α-hetero) is 1. The zero-order valence-corrected chi connectivity index (χ0v) is 7.58. The summed E-state index contributed by atoms with van der Waals surface area (Å²) in [5, 5.41) is 7.79. The highest BCUT2D eigenvalue weighted by Crippen LogP contribution is 2.16. The molecular weight excluding hydrogens is 166 g/mol. The van der Waals surface area contributed by atoms with Gasteiger partial charge in [-0.3, -0.25) is 4.79 Å². The molecule has 0 atom stereocenters. The molecule has 0 radical (unpaired) electrons. The van der Waals surface area contributed by atoms with E-state index in [0.29, 0.717) is 0 Å². The first-order valence-corrected chi connectivity index (χ1v) is 4.51. The fraction of sp³-hybridized carbons (Fsp3) is 0.556. The Morgan fingerprint density at radius 2 is 1.85 bits per heavy atom. The second kappa shape index (κ2) is 3.20. The molecule has 0 fully saturated rings. The van der Waals surface area contributed by atoms with E-state index in [1.54, 1.807) is 0 Å². The standard InChI is InChI=1S/C9H11N3O/c1-6(13)9-10-7-4-2-3-5-8(7)11-12-9/h2-5H2,1H3. The molecule has 0 spiro atoms. The van der Waals surface area contributed by atoms with Gasteiger partial charge < -0.3 is 0 Å². The fourth-order valence-electron chi connectivity index (χ4n) is 1.51. The maximum absolute atomic E-state index is 11.0. The van der Waals surface area contributed by atoms with Gasteiger partial charge in [0.15, 0.2) is 5.78 Å². The van der Waals surface area contributed by atoms with Gasteiger partial charge in [0.25, 0.3) is 0 Å². The van der Waals surface area contributed by atoms with E-state index >= 15 is 0 Å². The molecule has 0 aromatic carbocycles. The molecule has 1 aromatic heterocycles. The van der Waals surface area contributed by atoms with Crippen LogP contribution < -0.4 is 0 Å². The number of rotatable bonds is 1. The number of carbonyl (C=O) groups excluding carboxylic acids is 1. The van der Waals surface area contributed by atoms with Crippen molar-refractivity contribution in [1.29, 1.82) is 0 Å². The van der Waals surface area contributed by atoms with Gasteiger partial charge in [0.1, 0.15) is 0 Å². The van der Waals surface area contributed by atoms with Crippen LogP contribution in [0.15, 0.2) is 0 Å². The van der Waals surface area contributed by atoms with Crippen LogP contribution in [0.3, 0.4) is 0 Å². The third kappa shape index (κ3) is 1.56. The number of carbonyl (C=O) groups is 1. The predicted octanol–water partition coefficient (Wildman–Crippen LogP) is 0.953. The highest BCUT2D eigenvalue weighted by atomic mass is 16.1. The minimum Gasteiger partial charge on any atom is -0.291 e. The molecule has 0 unspecified atom stereocenters. The first-order chi connectivity index (χ1) is 6.27. The van der Waals surface area contributed by atoms with Crippen molar-refractivity contribution in [3.63, 3.8) is 0 Å². The van der Waals surface area contributed by atoms with Gasteiger partial charge in [-0.05, 0) is 25.7 Å². The summed E-state index contributed by atoms with van der Waals surface area (Å²) in [5.41, 5.74) is 1.93. The summed E-state index contributed by atoms with van der Waals surface area (Å²) in [7, 11) is 0. The molecule has 4 heteroatoms. The molecule has 1 aromatic rings. The Kier molecular flexibility index (Phi) is 2.04. The summed E-state index contributed by atoms with van der Waals surface area (Å²) in [6, 6.07) is 0. The predicted molar refractivity (Wildman–Crippen MR) is 46.5 cm³/mol. The van der Waals surface area contributed by atoms with Crippen molar-refractivity contribution in [3.8, 4) is 0 Å². The maximum atomic E-state index is 11.0. The number of aryl methyl sites for hydroxylation is 2. The quantitative estimate of drug-likeness (QED) is 0.599. The van der Waals surface area contributed by atoms with Crippen molar-refractivity contribution in [3.05, 3.63) is 17.2 Å². The van der Waals surface area contributed by atoms with Crippen LogP contribution in [0.5, 0.6) is 0 Å². The van der Waals surface area contributed by atoms with Gasteiger partial charge in [0.2, 0.25) is 5.82 Å². The Bertz CT molecular complexity index is 349. The number of fused-ring (bicyclic) bond motifs is 1. The lowest BCUT2D eigenvalue weighted by molar-refractivity contribution is 0.100. The van der Waals surface area contributed by atoms with E-state index in [1.807, 2.05) is 0 Å². The first-order valence-electron chi connectivity index (χ1n) is 4.51. The molecular formula is C9H11N3O. The third-order valence-electron chi connectivity index (χ3n) is 2.23. The average Bonchev–Trinajstić information content (AvgIpc) is 2.17. The van der Waals surface area contributed by atoms with E-state index < -0.39 is 0 Å². The van der Waals surface area contributed by atoms with Crippen molar-refractivity contribution >= 4 is 5.78 Å². The van der Waals surface area contributed by atoms with Gasteiger partial charge in [-0.25, -0.2) is 4.98 Å². The normalized spacial score (nSPS) is 15.2. The SMILES string of the molecule is CC(=O)c1nnc2c(n1)CCCC2. The van der Waals surface area contributed by atoms with Crippen molar-refractivity contribution in [2.24, 2.45) is 0 Å². The van der Waals surface area contributed by atoms with Gasteiger partial charge in [-0.15, -0.1) is 5.10 Å². The number of hydrogen-bond donors (Lipinski definition) is 0. The minimum absolute atomic E-state index is 0.110. The first kappa shape index (κ1) is 8.29. The van der Waals surface area contributed by atoms with E-state index in [2.05, 4.69) is 15.2 Å². The lowest BCUT2D eigenvalue weighted by atomic mass is 10.0. The van der Waals surface area contributed by atoms with E-state index in [9.17, 15) is 4.79 Å². The zero-order valence-electron chi connectivity index (χ0n) is 7.58. The summed E-state index contributed by atoms with van der Waals surface area (Å²) in [6.45, 7) is 1.46. The Morgan fingerprint density at radius 1 is 1.15 bits per heavy atom. The largest absolute Gasteiger partial charge is 0.291 e. The summed E-state index contributed by atoms with van der Waals surface area (Å²) >= 11 is 0. The smallest absolute Gasteiger partial charge is 0.217 e. The molecule has 0 saturated heterocycles. The summed E-state index contributed by atoms with van der Waals surface area (Å²) < 4.78 is 0. The Morgan fingerprint density at radius 3 is 2.54 bits per heavy atom. The van der Waals surface area contributed by atoms with E-state index in [0.717, 1.165) is 37.1 Å². The third-order valence-corrected chi connectivity index (χ3v) is 2.23. The summed E-state index contributed by atoms with van der Waals surface area (Å²) in [6.07, 6.45) is 4.18. The lowest BCUT2D eigenvalue weighted by Crippen LogP contribution is -2.13. The molecule has 1 heterocycles. The van der Waals surface area contributed by atoms with E-state index in [1.165, 1.54) is 6.92 Å². The molecule has 0 amide bonds. The van der Waals surface area contributed by atoms with Crippen molar-refractivity contribution in [2.45, 2.75) is 32.6 Å². The van der Waals surface area contributed by atoms with E-state index in [4.69, 9.17) is 0 Å². The van der Waals surface area contributed by atoms with E-state index in [-0.39, 0.29) is 11.6 Å². The Hall–Kier alpha value is -1.32. The van der Waals surface area contributed by atoms with Gasteiger partial charge in [-0.2, -0.15) is 5.10 Å².